The zero-order chi connectivity index (χ0) is 17.6. The molecule has 22 heavy (non-hydrogen) atoms. The van der Waals surface area contributed by atoms with Crippen molar-refractivity contribution in [3.05, 3.63) is 0 Å². The lowest BCUT2D eigenvalue weighted by molar-refractivity contribution is -0.139. The van der Waals surface area contributed by atoms with E-state index in [2.05, 4.69) is 20.5 Å². The monoisotopic (exact) mass is 318 g/mol. The first-order valence-electron chi connectivity index (χ1n) is 5.84. The number of hydrogen-bond donors (Lipinski definition) is 6. The predicted molar refractivity (Wildman–Crippen MR) is 73.0 cm³/mol. The minimum Gasteiger partial charge on any atom is -0.481 e. The quantitative estimate of drug-likeness (QED) is 0.111. The smallest absolute Gasteiger partial charge is 0.306 e. The van der Waals surface area contributed by atoms with Crippen molar-refractivity contribution >= 4 is 23.6 Å². The predicted octanol–water partition coefficient (Wildman–Crippen LogP) is -0.602. The van der Waals surface area contributed by atoms with E-state index >= 15 is 0 Å². The molecule has 0 fully saturated rings. The Bertz CT molecular complexity index is 486. The number of amidine groups is 2. The number of carboxylic acids is 2. The fourth-order valence-electron chi connectivity index (χ4n) is 1.38. The highest BCUT2D eigenvalue weighted by Crippen LogP contribution is 2.23. The van der Waals surface area contributed by atoms with E-state index in [-0.39, 0.29) is 0 Å². The zero-order valence-corrected chi connectivity index (χ0v) is 12.0. The maximum atomic E-state index is 10.9. The van der Waals surface area contributed by atoms with Gasteiger partial charge in [0, 0.05) is 0 Å². The lowest BCUT2D eigenvalue weighted by Gasteiger charge is -2.24. The highest BCUT2D eigenvalue weighted by molar-refractivity contribution is 5.94. The molecule has 2 atom stereocenters. The molecule has 0 rings (SSSR count). The van der Waals surface area contributed by atoms with Gasteiger partial charge in [-0.2, -0.15) is 10.2 Å². The Morgan fingerprint density at radius 3 is 1.32 bits per heavy atom. The Hall–Kier alpha value is -2.92. The summed E-state index contributed by atoms with van der Waals surface area (Å²) in [4.78, 5) is 21.7. The SMILES string of the molecule is CC(CC(=O)O)(N=NC(C)(CC(=O)O)C(N)=NO)C(N)=NO. The van der Waals surface area contributed by atoms with Crippen molar-refractivity contribution in [2.75, 3.05) is 0 Å². The normalized spacial score (nSPS) is 18.6. The van der Waals surface area contributed by atoms with Crippen LogP contribution in [0.25, 0.3) is 0 Å². The molecule has 12 heteroatoms. The van der Waals surface area contributed by atoms with Crippen molar-refractivity contribution in [2.24, 2.45) is 32.0 Å². The van der Waals surface area contributed by atoms with Crippen LogP contribution in [0.5, 0.6) is 0 Å². The molecular weight excluding hydrogens is 300 g/mol. The molecule has 0 amide bonds. The summed E-state index contributed by atoms with van der Waals surface area (Å²) < 4.78 is 0. The van der Waals surface area contributed by atoms with Gasteiger partial charge in [-0.25, -0.2) is 0 Å². The van der Waals surface area contributed by atoms with Crippen molar-refractivity contribution in [1.29, 1.82) is 0 Å². The van der Waals surface area contributed by atoms with Crippen LogP contribution in [-0.4, -0.2) is 55.3 Å². The van der Waals surface area contributed by atoms with Crippen LogP contribution in [0.3, 0.4) is 0 Å². The number of aliphatic carboxylic acids is 2. The van der Waals surface area contributed by atoms with Gasteiger partial charge in [0.05, 0.1) is 12.8 Å². The third-order valence-corrected chi connectivity index (χ3v) is 2.80. The van der Waals surface area contributed by atoms with E-state index in [1.54, 1.807) is 0 Å². The number of nitrogens with two attached hydrogens (primary N) is 2. The van der Waals surface area contributed by atoms with Gasteiger partial charge in [-0.05, 0) is 13.8 Å². The number of oxime groups is 2. The van der Waals surface area contributed by atoms with Gasteiger partial charge in [0.25, 0.3) is 0 Å². The van der Waals surface area contributed by atoms with E-state index in [0.29, 0.717) is 0 Å². The van der Waals surface area contributed by atoms with Crippen LogP contribution in [-0.2, 0) is 9.59 Å². The van der Waals surface area contributed by atoms with Gasteiger partial charge in [0.1, 0.15) is 11.1 Å². The molecule has 12 nitrogen and oxygen atoms in total. The molecule has 2 unspecified atom stereocenters. The summed E-state index contributed by atoms with van der Waals surface area (Å²) in [7, 11) is 0. The average Bonchev–Trinajstić information content (AvgIpc) is 2.41. The lowest BCUT2D eigenvalue weighted by atomic mass is 9.96. The zero-order valence-electron chi connectivity index (χ0n) is 12.0. The van der Waals surface area contributed by atoms with Crippen LogP contribution in [0.4, 0.5) is 0 Å². The summed E-state index contributed by atoms with van der Waals surface area (Å²) in [5, 5.41) is 47.8. The summed E-state index contributed by atoms with van der Waals surface area (Å²) in [6, 6.07) is 0. The summed E-state index contributed by atoms with van der Waals surface area (Å²) >= 11 is 0. The van der Waals surface area contributed by atoms with Crippen LogP contribution in [0, 0.1) is 0 Å². The van der Waals surface area contributed by atoms with Crippen molar-refractivity contribution in [2.45, 2.75) is 37.8 Å². The molecule has 124 valence electrons. The van der Waals surface area contributed by atoms with Crippen LogP contribution < -0.4 is 11.5 Å². The molecule has 0 saturated heterocycles. The van der Waals surface area contributed by atoms with Crippen LogP contribution in [0.1, 0.15) is 26.7 Å². The second-order valence-corrected chi connectivity index (χ2v) is 4.86. The molecule has 0 aliphatic heterocycles. The number of carboxylic acid groups (broad SMARTS) is 2. The Kier molecular flexibility index (Phi) is 6.24. The van der Waals surface area contributed by atoms with E-state index in [9.17, 15) is 9.59 Å². The van der Waals surface area contributed by atoms with E-state index in [4.69, 9.17) is 32.1 Å². The molecular formula is C10H18N6O6. The third-order valence-electron chi connectivity index (χ3n) is 2.80. The fourth-order valence-corrected chi connectivity index (χ4v) is 1.38. The second kappa shape index (κ2) is 7.19. The number of rotatable bonds is 8. The average molecular weight is 318 g/mol. The summed E-state index contributed by atoms with van der Waals surface area (Å²) in [6.07, 6.45) is -1.35. The first-order valence-corrected chi connectivity index (χ1v) is 5.84. The highest BCUT2D eigenvalue weighted by atomic mass is 16.4. The Labute approximate surface area is 124 Å². The van der Waals surface area contributed by atoms with Crippen molar-refractivity contribution in [3.8, 4) is 0 Å². The molecule has 0 saturated carbocycles. The van der Waals surface area contributed by atoms with Crippen LogP contribution in [0.15, 0.2) is 20.5 Å². The Morgan fingerprint density at radius 1 is 0.864 bits per heavy atom. The van der Waals surface area contributed by atoms with Crippen molar-refractivity contribution < 1.29 is 30.2 Å². The molecule has 0 spiro atoms. The molecule has 0 aliphatic carbocycles. The maximum Gasteiger partial charge on any atom is 0.306 e. The largest absolute Gasteiger partial charge is 0.481 e. The number of hydrogen-bond acceptors (Lipinski definition) is 8. The number of azo groups is 1. The third kappa shape index (κ3) is 4.88. The molecule has 0 aliphatic rings. The number of carbonyl (C=O) groups is 2. The topological polar surface area (TPSA) is 217 Å². The Balaban J connectivity index is 5.77. The van der Waals surface area contributed by atoms with Gasteiger partial charge < -0.3 is 32.1 Å². The lowest BCUT2D eigenvalue weighted by Crippen LogP contribution is -2.44. The van der Waals surface area contributed by atoms with Gasteiger partial charge in [0.15, 0.2) is 11.7 Å². The van der Waals surface area contributed by atoms with E-state index in [1.165, 1.54) is 13.8 Å². The minimum atomic E-state index is -1.74. The Morgan fingerprint density at radius 2 is 1.14 bits per heavy atom. The molecule has 0 bridgehead atoms. The van der Waals surface area contributed by atoms with Gasteiger partial charge in [-0.15, -0.1) is 0 Å². The van der Waals surface area contributed by atoms with Gasteiger partial charge >= 0.3 is 11.9 Å². The van der Waals surface area contributed by atoms with Crippen molar-refractivity contribution in [1.82, 2.24) is 0 Å². The van der Waals surface area contributed by atoms with E-state index in [1.807, 2.05) is 0 Å². The molecule has 0 aromatic heterocycles. The first-order chi connectivity index (χ1) is 10.0. The molecule has 8 N–H and O–H groups in total. The van der Waals surface area contributed by atoms with E-state index in [0.717, 1.165) is 0 Å². The molecule has 0 heterocycles. The summed E-state index contributed by atoms with van der Waals surface area (Å²) in [5.41, 5.74) is 7.31. The van der Waals surface area contributed by atoms with Gasteiger partial charge in [-0.1, -0.05) is 10.3 Å². The fraction of sp³-hybridized carbons (Fsp3) is 0.600. The standard InChI is InChI=1S/C10H18N6O6/c1-9(3-5(17)18,7(11)13-21)15-16-10(2,4-6(19)20)8(12)14-22/h21-22H,3-4H2,1-2H3,(H2,11,13)(H2,12,14)(H,17,18)(H,19,20). The van der Waals surface area contributed by atoms with Gasteiger partial charge in [-0.3, -0.25) is 9.59 Å². The van der Waals surface area contributed by atoms with Crippen LogP contribution in [0.2, 0.25) is 0 Å². The van der Waals surface area contributed by atoms with E-state index < -0.39 is 47.5 Å². The summed E-state index contributed by atoms with van der Waals surface area (Å²) in [5.74, 6) is -3.71. The second-order valence-electron chi connectivity index (χ2n) is 4.86. The van der Waals surface area contributed by atoms with Crippen LogP contribution >= 0.6 is 0 Å². The van der Waals surface area contributed by atoms with Gasteiger partial charge in [0.2, 0.25) is 0 Å². The first kappa shape index (κ1) is 19.1. The molecule has 0 radical (unpaired) electrons. The number of nitrogens with zero attached hydrogens (tertiary/aromatic N) is 4. The summed E-state index contributed by atoms with van der Waals surface area (Å²) in [6.45, 7) is 2.43. The van der Waals surface area contributed by atoms with Crippen molar-refractivity contribution in [3.63, 3.8) is 0 Å². The minimum absolute atomic E-state index is 0.546. The highest BCUT2D eigenvalue weighted by Gasteiger charge is 2.37. The molecule has 0 aromatic carbocycles. The molecule has 0 aromatic rings. The maximum absolute atomic E-state index is 10.9.